The monoisotopic (exact) mass is 291 g/mol. The van der Waals surface area contributed by atoms with E-state index in [1.165, 1.54) is 0 Å². The van der Waals surface area contributed by atoms with Crippen molar-refractivity contribution in [2.75, 3.05) is 44.0 Å². The summed E-state index contributed by atoms with van der Waals surface area (Å²) in [7, 11) is 3.83. The molecule has 0 saturated heterocycles. The van der Waals surface area contributed by atoms with Gasteiger partial charge in [0, 0.05) is 19.0 Å². The van der Waals surface area contributed by atoms with Crippen LogP contribution in [0.4, 0.5) is 11.4 Å². The van der Waals surface area contributed by atoms with Crippen LogP contribution in [0.25, 0.3) is 0 Å². The van der Waals surface area contributed by atoms with E-state index in [0.717, 1.165) is 12.0 Å². The Hall–Kier alpha value is -2.03. The van der Waals surface area contributed by atoms with Crippen molar-refractivity contribution in [2.24, 2.45) is 4.99 Å². The molecule has 114 valence electrons. The SMILES string of the molecule is CN(C)CCN=C1NN([O-])c2cc3c(cc2N1[O-])OCC3. The molecular weight excluding hydrogens is 274 g/mol. The average Bonchev–Trinajstić information content (AvgIpc) is 2.89. The van der Waals surface area contributed by atoms with Crippen molar-refractivity contribution in [3.05, 3.63) is 28.1 Å². The molecule has 0 aromatic heterocycles. The first-order chi connectivity index (χ1) is 10.1. The Morgan fingerprint density at radius 2 is 2.14 bits per heavy atom. The minimum Gasteiger partial charge on any atom is -0.752 e. The maximum Gasteiger partial charge on any atom is 0.206 e. The summed E-state index contributed by atoms with van der Waals surface area (Å²) in [6.07, 6.45) is 0.749. The van der Waals surface area contributed by atoms with Crippen LogP contribution in [-0.4, -0.2) is 44.7 Å². The third kappa shape index (κ3) is 2.60. The van der Waals surface area contributed by atoms with Gasteiger partial charge in [0.2, 0.25) is 5.96 Å². The number of anilines is 2. The maximum atomic E-state index is 12.3. The van der Waals surface area contributed by atoms with Gasteiger partial charge in [-0.25, -0.2) is 0 Å². The molecule has 0 amide bonds. The largest absolute Gasteiger partial charge is 0.752 e. The minimum atomic E-state index is -0.00250. The second-order valence-corrected chi connectivity index (χ2v) is 5.26. The van der Waals surface area contributed by atoms with E-state index >= 15 is 0 Å². The number of hydrogen-bond donors (Lipinski definition) is 1. The molecule has 1 aromatic carbocycles. The molecule has 0 spiro atoms. The van der Waals surface area contributed by atoms with Gasteiger partial charge in [-0.15, -0.1) is 0 Å². The van der Waals surface area contributed by atoms with E-state index in [0.29, 0.717) is 41.4 Å². The highest BCUT2D eigenvalue weighted by molar-refractivity contribution is 6.04. The molecule has 2 aliphatic heterocycles. The van der Waals surface area contributed by atoms with Crippen LogP contribution in [0, 0.1) is 10.4 Å². The van der Waals surface area contributed by atoms with Gasteiger partial charge in [-0.3, -0.25) is 10.4 Å². The van der Waals surface area contributed by atoms with Crippen molar-refractivity contribution in [2.45, 2.75) is 6.42 Å². The predicted octanol–water partition coefficient (Wildman–Crippen LogP) is 0.666. The highest BCUT2D eigenvalue weighted by atomic mass is 16.6. The fourth-order valence-electron chi connectivity index (χ4n) is 2.29. The fraction of sp³-hybridized carbons (Fsp3) is 0.462. The van der Waals surface area contributed by atoms with E-state index in [-0.39, 0.29) is 11.6 Å². The van der Waals surface area contributed by atoms with Crippen molar-refractivity contribution in [3.63, 3.8) is 0 Å². The normalized spacial score (nSPS) is 18.6. The summed E-state index contributed by atoms with van der Waals surface area (Å²) >= 11 is 0. The van der Waals surface area contributed by atoms with Crippen LogP contribution in [-0.2, 0) is 6.42 Å². The Morgan fingerprint density at radius 1 is 1.33 bits per heavy atom. The molecule has 3 rings (SSSR count). The topological polar surface area (TPSA) is 89.5 Å². The molecule has 21 heavy (non-hydrogen) atoms. The second kappa shape index (κ2) is 5.40. The molecule has 0 fully saturated rings. The molecule has 8 heteroatoms. The number of fused-ring (bicyclic) bond motifs is 2. The summed E-state index contributed by atoms with van der Waals surface area (Å²) in [6, 6.07) is 3.30. The Bertz CT molecular complexity index is 575. The number of hydrazine groups is 1. The molecule has 0 aliphatic carbocycles. The zero-order valence-electron chi connectivity index (χ0n) is 12.0. The lowest BCUT2D eigenvalue weighted by molar-refractivity contribution is 0.357. The van der Waals surface area contributed by atoms with Gasteiger partial charge in [-0.2, -0.15) is 0 Å². The molecule has 0 bridgehead atoms. The van der Waals surface area contributed by atoms with Gasteiger partial charge in [0.1, 0.15) is 5.75 Å². The van der Waals surface area contributed by atoms with E-state index in [2.05, 4.69) is 10.4 Å². The second-order valence-electron chi connectivity index (χ2n) is 5.26. The number of aliphatic imine (C=N–C) groups is 1. The zero-order chi connectivity index (χ0) is 15.0. The maximum absolute atomic E-state index is 12.3. The third-order valence-corrected chi connectivity index (χ3v) is 3.43. The fourth-order valence-corrected chi connectivity index (χ4v) is 2.29. The first-order valence-corrected chi connectivity index (χ1v) is 6.76. The van der Waals surface area contributed by atoms with Crippen LogP contribution in [0.2, 0.25) is 0 Å². The van der Waals surface area contributed by atoms with E-state index in [1.54, 1.807) is 12.1 Å². The lowest BCUT2D eigenvalue weighted by atomic mass is 10.1. The molecule has 0 atom stereocenters. The van der Waals surface area contributed by atoms with Crippen LogP contribution in [0.15, 0.2) is 17.1 Å². The number of likely N-dealkylation sites (N-methyl/N-ethyl adjacent to an activating group) is 1. The van der Waals surface area contributed by atoms with Gasteiger partial charge in [-0.05, 0) is 25.7 Å². The number of hydroxylamine groups is 1. The lowest BCUT2D eigenvalue weighted by Gasteiger charge is -2.46. The van der Waals surface area contributed by atoms with Crippen LogP contribution >= 0.6 is 0 Å². The number of rotatable bonds is 3. The lowest BCUT2D eigenvalue weighted by Crippen LogP contribution is -2.50. The summed E-state index contributed by atoms with van der Waals surface area (Å²) in [5, 5.41) is 25.6. The molecule has 2 heterocycles. The van der Waals surface area contributed by atoms with Gasteiger partial charge in [0.15, 0.2) is 0 Å². The first kappa shape index (κ1) is 13.9. The van der Waals surface area contributed by atoms with Crippen LogP contribution < -0.4 is 20.4 Å². The molecule has 8 nitrogen and oxygen atoms in total. The summed E-state index contributed by atoms with van der Waals surface area (Å²) in [5.41, 5.74) is 3.96. The Balaban J connectivity index is 1.88. The molecular formula is C13H17N5O3-2. The van der Waals surface area contributed by atoms with Crippen molar-refractivity contribution in [1.82, 2.24) is 10.3 Å². The molecule has 1 N–H and O–H groups in total. The minimum absolute atomic E-state index is 0.00250. The van der Waals surface area contributed by atoms with Crippen molar-refractivity contribution >= 4 is 17.3 Å². The first-order valence-electron chi connectivity index (χ1n) is 6.76. The molecule has 1 aromatic rings. The Morgan fingerprint density at radius 3 is 2.90 bits per heavy atom. The number of guanidine groups is 1. The molecule has 0 unspecified atom stereocenters. The van der Waals surface area contributed by atoms with Gasteiger partial charge < -0.3 is 30.3 Å². The van der Waals surface area contributed by atoms with Crippen LogP contribution in [0.5, 0.6) is 5.75 Å². The number of hydrogen-bond acceptors (Lipinski definition) is 6. The Labute approximate surface area is 122 Å². The van der Waals surface area contributed by atoms with Gasteiger partial charge in [0.25, 0.3) is 0 Å². The van der Waals surface area contributed by atoms with Crippen LogP contribution in [0.1, 0.15) is 5.56 Å². The summed E-state index contributed by atoms with van der Waals surface area (Å²) in [6.45, 7) is 1.70. The number of nitrogens with one attached hydrogen (secondary N) is 1. The van der Waals surface area contributed by atoms with Crippen molar-refractivity contribution in [3.8, 4) is 5.75 Å². The smallest absolute Gasteiger partial charge is 0.206 e. The summed E-state index contributed by atoms with van der Waals surface area (Å²) < 4.78 is 5.44. The Kier molecular flexibility index (Phi) is 3.58. The summed E-state index contributed by atoms with van der Waals surface area (Å²) in [4.78, 5) is 6.09. The average molecular weight is 291 g/mol. The highest BCUT2D eigenvalue weighted by Crippen LogP contribution is 2.39. The highest BCUT2D eigenvalue weighted by Gasteiger charge is 2.22. The van der Waals surface area contributed by atoms with E-state index in [4.69, 9.17) is 4.74 Å². The van der Waals surface area contributed by atoms with Crippen LogP contribution in [0.3, 0.4) is 0 Å². The predicted molar refractivity (Wildman–Crippen MR) is 81.3 cm³/mol. The summed E-state index contributed by atoms with van der Waals surface area (Å²) in [5.74, 6) is 0.662. The van der Waals surface area contributed by atoms with E-state index < -0.39 is 0 Å². The van der Waals surface area contributed by atoms with Gasteiger partial charge in [-0.1, -0.05) is 0 Å². The number of nitrogens with zero attached hydrogens (tertiary/aromatic N) is 4. The van der Waals surface area contributed by atoms with E-state index in [9.17, 15) is 10.4 Å². The van der Waals surface area contributed by atoms with Crippen molar-refractivity contribution < 1.29 is 4.74 Å². The quantitative estimate of drug-likeness (QED) is 0.875. The molecule has 2 aliphatic rings. The van der Waals surface area contributed by atoms with E-state index in [1.807, 2.05) is 19.0 Å². The van der Waals surface area contributed by atoms with Gasteiger partial charge >= 0.3 is 0 Å². The molecule has 0 saturated carbocycles. The van der Waals surface area contributed by atoms with Gasteiger partial charge in [0.05, 0.1) is 24.5 Å². The molecule has 0 radical (unpaired) electrons. The zero-order valence-corrected chi connectivity index (χ0v) is 12.0. The number of ether oxygens (including phenoxy) is 1. The standard InChI is InChI=1S/C13H17N5O3/c1-16(2)5-4-14-13-15-18(20)11-7-9-3-6-21-12(9)8-10(11)17(13)19/h7-8H,3-6H2,1-2H3,(H,14,15)/q-2. The third-order valence-electron chi connectivity index (χ3n) is 3.43. The number of benzene rings is 1. The van der Waals surface area contributed by atoms with Crippen molar-refractivity contribution in [1.29, 1.82) is 0 Å².